The fourth-order valence-corrected chi connectivity index (χ4v) is 1.31. The molecular formula is C10H24Cl4MnN. The van der Waals surface area contributed by atoms with Crippen LogP contribution in [0.2, 0.25) is 0 Å². The van der Waals surface area contributed by atoms with E-state index >= 15 is 0 Å². The predicted molar refractivity (Wildman–Crippen MR) is 67.9 cm³/mol. The van der Waals surface area contributed by atoms with Gasteiger partial charge in [-0.3, -0.25) is 0 Å². The molecule has 0 unspecified atom stereocenters. The Balaban J connectivity index is -0.000000292. The molecule has 0 aromatic heterocycles. The molecule has 104 valence electrons. The molecule has 0 heterocycles. The van der Waals surface area contributed by atoms with Crippen molar-refractivity contribution in [3.05, 3.63) is 0 Å². The number of unbranched alkanes of at least 4 members (excludes halogenated alkanes) is 7. The van der Waals surface area contributed by atoms with E-state index in [0.717, 1.165) is 6.54 Å². The van der Waals surface area contributed by atoms with E-state index in [0.29, 0.717) is 0 Å². The first kappa shape index (κ1) is 22.8. The molecule has 0 aliphatic heterocycles. The molecule has 1 nitrogen and oxygen atoms in total. The second-order valence-corrected chi connectivity index (χ2v) is 9.34. The molecule has 0 fully saturated rings. The maximum absolute atomic E-state index is 4.91. The van der Waals surface area contributed by atoms with Gasteiger partial charge in [-0.1, -0.05) is 45.4 Å². The van der Waals surface area contributed by atoms with E-state index in [1.54, 1.807) is 0 Å². The van der Waals surface area contributed by atoms with E-state index in [-0.39, 0.29) is 12.4 Å². The molecule has 0 aromatic rings. The third-order valence-electron chi connectivity index (χ3n) is 2.10. The van der Waals surface area contributed by atoms with E-state index in [1.807, 2.05) is 0 Å². The van der Waals surface area contributed by atoms with Crippen molar-refractivity contribution in [2.75, 3.05) is 6.54 Å². The summed E-state index contributed by atoms with van der Waals surface area (Å²) >= 11 is -1.48. The summed E-state index contributed by atoms with van der Waals surface area (Å²) in [4.78, 5) is 0. The number of hydrogen-bond donors (Lipinski definition) is 1. The van der Waals surface area contributed by atoms with Crippen LogP contribution in [-0.2, 0) is 11.2 Å². The summed E-state index contributed by atoms with van der Waals surface area (Å²) in [6.07, 6.45) is 11.3. The zero-order chi connectivity index (χ0) is 11.9. The van der Waals surface area contributed by atoms with Crippen molar-refractivity contribution in [3.8, 4) is 0 Å². The Bertz CT molecular complexity index is 96.1. The Hall–Kier alpha value is 1.64. The van der Waals surface area contributed by atoms with Gasteiger partial charge in [0.2, 0.25) is 0 Å². The summed E-state index contributed by atoms with van der Waals surface area (Å²) in [5, 5.41) is 0. The number of rotatable bonds is 8. The zero-order valence-corrected chi connectivity index (χ0v) is 14.2. The first-order chi connectivity index (χ1) is 7.15. The molecule has 0 rings (SSSR count). The van der Waals surface area contributed by atoms with Crippen LogP contribution in [0.4, 0.5) is 0 Å². The quantitative estimate of drug-likeness (QED) is 0.504. The molecule has 6 heteroatoms. The van der Waals surface area contributed by atoms with E-state index in [4.69, 9.17) is 30.3 Å². The standard InChI is InChI=1S/C10H23N.4ClH.Mn/c1-2-3-4-5-6-7-8-9-10-11;;;;;/h2-11H2,1H3;4*1H;/q;;;;;+3/p-3. The van der Waals surface area contributed by atoms with Crippen LogP contribution in [0, 0.1) is 0 Å². The van der Waals surface area contributed by atoms with Gasteiger partial charge in [0.1, 0.15) is 0 Å². The molecule has 0 saturated carbocycles. The molecule has 0 saturated heterocycles. The minimum absolute atomic E-state index is 0. The van der Waals surface area contributed by atoms with Crippen molar-refractivity contribution in [3.63, 3.8) is 0 Å². The second kappa shape index (κ2) is 21.9. The summed E-state index contributed by atoms with van der Waals surface area (Å²) in [6.45, 7) is 3.39. The molecule has 16 heavy (non-hydrogen) atoms. The van der Waals surface area contributed by atoms with Gasteiger partial charge in [0, 0.05) is 0 Å². The first-order valence-corrected chi connectivity index (χ1v) is 10.5. The van der Waals surface area contributed by atoms with Crippen molar-refractivity contribution >= 4 is 30.3 Å². The molecule has 0 bridgehead atoms. The average Bonchev–Trinajstić information content (AvgIpc) is 2.16. The van der Waals surface area contributed by atoms with E-state index in [1.165, 1.54) is 51.4 Å². The van der Waals surface area contributed by atoms with Crippen LogP contribution in [-0.4, -0.2) is 6.54 Å². The van der Waals surface area contributed by atoms with Crippen LogP contribution in [0.5, 0.6) is 0 Å². The van der Waals surface area contributed by atoms with Crippen molar-refractivity contribution in [2.24, 2.45) is 0 Å². The van der Waals surface area contributed by atoms with E-state index in [2.05, 4.69) is 12.7 Å². The van der Waals surface area contributed by atoms with Gasteiger partial charge in [-0.2, -0.15) is 0 Å². The van der Waals surface area contributed by atoms with Gasteiger partial charge in [-0.15, -0.1) is 0 Å². The Labute approximate surface area is 124 Å². The van der Waals surface area contributed by atoms with Crippen molar-refractivity contribution < 1.29 is 29.3 Å². The van der Waals surface area contributed by atoms with Gasteiger partial charge in [0.25, 0.3) is 0 Å². The van der Waals surface area contributed by atoms with Crippen LogP contribution in [0.15, 0.2) is 0 Å². The molecule has 0 radical (unpaired) electrons. The predicted octanol–water partition coefficient (Wildman–Crippen LogP) is 1.44. The number of quaternary nitrogens is 1. The van der Waals surface area contributed by atoms with Gasteiger partial charge in [0.15, 0.2) is 0 Å². The summed E-state index contributed by atoms with van der Waals surface area (Å²) in [7, 11) is 14.7. The van der Waals surface area contributed by atoms with Gasteiger partial charge in [-0.25, -0.2) is 0 Å². The molecule has 3 N–H and O–H groups in total. The summed E-state index contributed by atoms with van der Waals surface area (Å²) < 4.78 is 0. The third-order valence-corrected chi connectivity index (χ3v) is 2.10. The first-order valence-electron chi connectivity index (χ1n) is 5.64. The van der Waals surface area contributed by atoms with E-state index in [9.17, 15) is 0 Å². The topological polar surface area (TPSA) is 27.6 Å². The summed E-state index contributed by atoms with van der Waals surface area (Å²) in [5.41, 5.74) is 3.83. The molecule has 0 atom stereocenters. The monoisotopic (exact) mass is 353 g/mol. The van der Waals surface area contributed by atoms with Gasteiger partial charge in [-0.05, 0) is 12.8 Å². The Kier molecular flexibility index (Phi) is 31.2. The molecule has 0 aromatic carbocycles. The van der Waals surface area contributed by atoms with E-state index < -0.39 is 11.2 Å². The third kappa shape index (κ3) is 36.1. The van der Waals surface area contributed by atoms with Gasteiger partial charge >= 0.3 is 41.5 Å². The fourth-order valence-electron chi connectivity index (χ4n) is 1.31. The molecule has 0 aliphatic rings. The van der Waals surface area contributed by atoms with Crippen LogP contribution in [0.25, 0.3) is 0 Å². The minimum atomic E-state index is -1.48. The van der Waals surface area contributed by atoms with Crippen molar-refractivity contribution in [2.45, 2.75) is 58.3 Å². The van der Waals surface area contributed by atoms with Crippen LogP contribution in [0.1, 0.15) is 58.3 Å². The Morgan fingerprint density at radius 3 is 1.44 bits per heavy atom. The summed E-state index contributed by atoms with van der Waals surface area (Å²) in [6, 6.07) is 0. The van der Waals surface area contributed by atoms with Crippen LogP contribution in [0.3, 0.4) is 0 Å². The number of halogens is 4. The average molecular weight is 355 g/mol. The van der Waals surface area contributed by atoms with Crippen LogP contribution < -0.4 is 18.1 Å². The van der Waals surface area contributed by atoms with Crippen LogP contribution >= 0.6 is 30.3 Å². The van der Waals surface area contributed by atoms with Gasteiger partial charge < -0.3 is 18.1 Å². The molecule has 0 aliphatic carbocycles. The zero-order valence-electron chi connectivity index (χ0n) is 9.96. The fraction of sp³-hybridized carbons (Fsp3) is 1.00. The Morgan fingerprint density at radius 2 is 1.12 bits per heavy atom. The number of hydrogen-bond acceptors (Lipinski definition) is 0. The van der Waals surface area contributed by atoms with Crippen molar-refractivity contribution in [1.82, 2.24) is 0 Å². The molecule has 0 spiro atoms. The molecular weight excluding hydrogens is 331 g/mol. The molecule has 0 amide bonds. The summed E-state index contributed by atoms with van der Waals surface area (Å²) in [5.74, 6) is 0. The van der Waals surface area contributed by atoms with Gasteiger partial charge in [0.05, 0.1) is 6.54 Å². The van der Waals surface area contributed by atoms with Crippen molar-refractivity contribution in [1.29, 1.82) is 0 Å². The Morgan fingerprint density at radius 1 is 0.812 bits per heavy atom. The second-order valence-electron chi connectivity index (χ2n) is 3.49. The SMILES string of the molecule is CCCCCCCCCC[NH3+].[Cl-].[Cl][Mn]([Cl])[Cl]. The normalized spacial score (nSPS) is 9.94. The maximum atomic E-state index is 4.91.